The summed E-state index contributed by atoms with van der Waals surface area (Å²) in [4.78, 5) is 50.1. The van der Waals surface area contributed by atoms with Crippen molar-refractivity contribution in [3.8, 4) is 0 Å². The minimum Gasteiger partial charge on any atom is -0.377 e. The molecule has 2 bridgehead atoms. The second kappa shape index (κ2) is 5.65. The molecule has 1 aromatic carbocycles. The van der Waals surface area contributed by atoms with Gasteiger partial charge in [-0.25, -0.2) is 14.4 Å². The van der Waals surface area contributed by atoms with Gasteiger partial charge in [0, 0.05) is 10.2 Å². The topological polar surface area (TPSA) is 129 Å². The highest BCUT2D eigenvalue weighted by Crippen LogP contribution is 2.28. The van der Waals surface area contributed by atoms with E-state index in [1.165, 1.54) is 24.3 Å². The smallest absolute Gasteiger partial charge is 0.369 e. The lowest BCUT2D eigenvalue weighted by Gasteiger charge is -2.26. The molecule has 1 atom stereocenters. The predicted octanol–water partition coefficient (Wildman–Crippen LogP) is 0.296. The third-order valence-electron chi connectivity index (χ3n) is 3.22. The van der Waals surface area contributed by atoms with Crippen molar-refractivity contribution in [3.63, 3.8) is 0 Å². The molecule has 10 nitrogen and oxygen atoms in total. The van der Waals surface area contributed by atoms with Crippen LogP contribution in [0.15, 0.2) is 24.3 Å². The highest BCUT2D eigenvalue weighted by Gasteiger charge is 2.50. The maximum absolute atomic E-state index is 12.0. The minimum atomic E-state index is -2.45. The standard InChI is InChI=1S/C13H10ClN3O7/c14-7-1-3-8(4-2-7)16-12(15)17-23-10(19)6-13(21,11(20)24-17)5-9(18)22-16/h1-4,15,21H,5-6H2. The van der Waals surface area contributed by atoms with Crippen molar-refractivity contribution in [1.29, 1.82) is 5.41 Å². The second-order valence-corrected chi connectivity index (χ2v) is 5.48. The van der Waals surface area contributed by atoms with Crippen LogP contribution in [0.4, 0.5) is 5.69 Å². The molecule has 2 N–H and O–H groups in total. The fourth-order valence-electron chi connectivity index (χ4n) is 2.08. The zero-order valence-electron chi connectivity index (χ0n) is 11.9. The largest absolute Gasteiger partial charge is 0.377 e. The van der Waals surface area contributed by atoms with Crippen LogP contribution in [0.3, 0.4) is 0 Å². The Morgan fingerprint density at radius 3 is 2.25 bits per heavy atom. The van der Waals surface area contributed by atoms with E-state index in [1.54, 1.807) is 0 Å². The number of hydroxylamine groups is 3. The molecule has 2 aliphatic rings. The Bertz CT molecular complexity index is 738. The average molecular weight is 356 g/mol. The zero-order valence-corrected chi connectivity index (χ0v) is 12.6. The molecule has 2 heterocycles. The molecule has 3 rings (SSSR count). The number of aliphatic hydroxyl groups is 1. The molecule has 24 heavy (non-hydrogen) atoms. The molecular formula is C13H10ClN3O7. The molecule has 1 aromatic rings. The van der Waals surface area contributed by atoms with E-state index < -0.39 is 42.3 Å². The molecule has 0 radical (unpaired) electrons. The number of fused-ring (bicyclic) bond motifs is 3. The average Bonchev–Trinajstić information content (AvgIpc) is 2.59. The number of nitrogens with one attached hydrogen (secondary N) is 1. The van der Waals surface area contributed by atoms with Crippen molar-refractivity contribution >= 4 is 41.2 Å². The molecule has 0 aromatic heterocycles. The van der Waals surface area contributed by atoms with Crippen LogP contribution in [0.5, 0.6) is 0 Å². The van der Waals surface area contributed by atoms with Gasteiger partial charge in [0.15, 0.2) is 5.60 Å². The lowest BCUT2D eigenvalue weighted by molar-refractivity contribution is -0.280. The summed E-state index contributed by atoms with van der Waals surface area (Å²) >= 11 is 5.78. The van der Waals surface area contributed by atoms with Crippen LogP contribution in [-0.2, 0) is 28.9 Å². The third kappa shape index (κ3) is 2.84. The predicted molar refractivity (Wildman–Crippen MR) is 76.0 cm³/mol. The van der Waals surface area contributed by atoms with Crippen molar-refractivity contribution in [2.45, 2.75) is 18.4 Å². The van der Waals surface area contributed by atoms with Crippen molar-refractivity contribution < 1.29 is 34.0 Å². The Hall–Kier alpha value is -2.85. The van der Waals surface area contributed by atoms with Crippen molar-refractivity contribution in [1.82, 2.24) is 5.23 Å². The first-order valence-corrected chi connectivity index (χ1v) is 6.97. The van der Waals surface area contributed by atoms with Gasteiger partial charge in [-0.15, -0.1) is 5.06 Å². The highest BCUT2D eigenvalue weighted by atomic mass is 35.5. The number of carbonyl (C=O) groups excluding carboxylic acids is 3. The number of halogens is 1. The summed E-state index contributed by atoms with van der Waals surface area (Å²) in [5.41, 5.74) is -2.28. The Kier molecular flexibility index (Phi) is 3.78. The molecule has 2 aliphatic heterocycles. The molecule has 2 fully saturated rings. The summed E-state index contributed by atoms with van der Waals surface area (Å²) in [7, 11) is 0. The third-order valence-corrected chi connectivity index (χ3v) is 3.48. The van der Waals surface area contributed by atoms with Gasteiger partial charge in [0.05, 0.1) is 18.5 Å². The van der Waals surface area contributed by atoms with Crippen molar-refractivity contribution in [2.75, 3.05) is 5.06 Å². The van der Waals surface area contributed by atoms with Crippen molar-refractivity contribution in [2.24, 2.45) is 0 Å². The fourth-order valence-corrected chi connectivity index (χ4v) is 2.20. The van der Waals surface area contributed by atoms with Crippen LogP contribution >= 0.6 is 11.6 Å². The van der Waals surface area contributed by atoms with Gasteiger partial charge in [0.25, 0.3) is 0 Å². The van der Waals surface area contributed by atoms with Crippen LogP contribution in [0.25, 0.3) is 0 Å². The fraction of sp³-hybridized carbons (Fsp3) is 0.231. The van der Waals surface area contributed by atoms with Crippen LogP contribution in [0.2, 0.25) is 5.02 Å². The van der Waals surface area contributed by atoms with Crippen molar-refractivity contribution in [3.05, 3.63) is 29.3 Å². The number of rotatable bonds is 1. The summed E-state index contributed by atoms with van der Waals surface area (Å²) < 4.78 is 0. The minimum absolute atomic E-state index is 0.163. The first-order valence-electron chi connectivity index (χ1n) is 6.59. The zero-order chi connectivity index (χ0) is 17.5. The van der Waals surface area contributed by atoms with Gasteiger partial charge >= 0.3 is 23.9 Å². The van der Waals surface area contributed by atoms with Crippen LogP contribution in [0, 0.1) is 5.41 Å². The molecule has 2 saturated heterocycles. The first kappa shape index (κ1) is 16.0. The van der Waals surface area contributed by atoms with Crippen LogP contribution < -0.4 is 5.06 Å². The molecule has 0 amide bonds. The molecule has 0 spiro atoms. The van der Waals surface area contributed by atoms with E-state index in [0.717, 1.165) is 0 Å². The van der Waals surface area contributed by atoms with E-state index in [2.05, 4.69) is 9.68 Å². The maximum atomic E-state index is 12.0. The number of nitrogens with zero attached hydrogens (tertiary/aromatic N) is 2. The van der Waals surface area contributed by atoms with E-state index in [9.17, 15) is 19.5 Å². The van der Waals surface area contributed by atoms with Crippen LogP contribution in [0.1, 0.15) is 12.8 Å². The number of carbonyl (C=O) groups is 3. The number of hydrogen-bond acceptors (Lipinski definition) is 8. The van der Waals surface area contributed by atoms with E-state index in [-0.39, 0.29) is 10.9 Å². The summed E-state index contributed by atoms with van der Waals surface area (Å²) in [6.07, 6.45) is -1.67. The first-order chi connectivity index (χ1) is 11.3. The summed E-state index contributed by atoms with van der Waals surface area (Å²) in [5, 5.41) is 19.4. The molecule has 126 valence electrons. The van der Waals surface area contributed by atoms with E-state index >= 15 is 0 Å². The molecule has 0 aliphatic carbocycles. The van der Waals surface area contributed by atoms with Gasteiger partial charge in [-0.1, -0.05) is 11.6 Å². The Labute approximate surface area is 139 Å². The Balaban J connectivity index is 2.03. The SMILES string of the molecule is N=C1N2OC(=O)CC(O)(CC(=O)ON1c1ccc(Cl)cc1)C(=O)O2. The summed E-state index contributed by atoms with van der Waals surface area (Å²) in [6, 6.07) is 5.77. The van der Waals surface area contributed by atoms with Gasteiger partial charge in [0.2, 0.25) is 0 Å². The van der Waals surface area contributed by atoms with Gasteiger partial charge in [0.1, 0.15) is 0 Å². The van der Waals surface area contributed by atoms with Gasteiger partial charge in [-0.2, -0.15) is 0 Å². The van der Waals surface area contributed by atoms with Gasteiger partial charge < -0.3 is 14.8 Å². The maximum Gasteiger partial charge on any atom is 0.369 e. The molecular weight excluding hydrogens is 346 g/mol. The lowest BCUT2D eigenvalue weighted by atomic mass is 9.96. The number of anilines is 1. The van der Waals surface area contributed by atoms with Crippen LogP contribution in [-0.4, -0.2) is 39.8 Å². The van der Waals surface area contributed by atoms with E-state index in [1.807, 2.05) is 0 Å². The number of benzene rings is 1. The van der Waals surface area contributed by atoms with E-state index in [4.69, 9.17) is 21.8 Å². The number of hydrogen-bond donors (Lipinski definition) is 2. The number of guanidine groups is 1. The quantitative estimate of drug-likeness (QED) is 0.730. The van der Waals surface area contributed by atoms with Gasteiger partial charge in [-0.3, -0.25) is 10.2 Å². The monoisotopic (exact) mass is 355 g/mol. The summed E-state index contributed by atoms with van der Waals surface area (Å²) in [6.45, 7) is 0. The Morgan fingerprint density at radius 2 is 1.62 bits per heavy atom. The highest BCUT2D eigenvalue weighted by molar-refractivity contribution is 6.30. The molecule has 1 unspecified atom stereocenters. The lowest BCUT2D eigenvalue weighted by Crippen LogP contribution is -2.45. The second-order valence-electron chi connectivity index (χ2n) is 5.04. The van der Waals surface area contributed by atoms with E-state index in [0.29, 0.717) is 10.1 Å². The normalized spacial score (nSPS) is 24.4. The molecule has 11 heteroatoms. The van der Waals surface area contributed by atoms with Gasteiger partial charge in [-0.05, 0) is 24.3 Å². The Morgan fingerprint density at radius 1 is 1.04 bits per heavy atom. The summed E-state index contributed by atoms with van der Waals surface area (Å²) in [5.74, 6) is -4.21. The molecule has 0 saturated carbocycles.